The number of halogens is 1. The molecule has 0 N–H and O–H groups in total. The van der Waals surface area contributed by atoms with Crippen LogP contribution in [-0.2, 0) is 10.2 Å². The van der Waals surface area contributed by atoms with Gasteiger partial charge in [0.2, 0.25) is 5.28 Å². The molecule has 0 bridgehead atoms. The van der Waals surface area contributed by atoms with E-state index < -0.39 is 0 Å². The van der Waals surface area contributed by atoms with Crippen LogP contribution < -0.4 is 0 Å². The Kier molecular flexibility index (Phi) is 4.45. The van der Waals surface area contributed by atoms with Crippen molar-refractivity contribution in [3.8, 4) is 0 Å². The third-order valence-corrected chi connectivity index (χ3v) is 4.70. The molecular weight excluding hydrogens is 274 g/mol. The lowest BCUT2D eigenvalue weighted by atomic mass is 9.85. The fourth-order valence-corrected chi connectivity index (χ4v) is 3.33. The topological polar surface area (TPSA) is 39.9 Å². The number of nitrogens with zero attached hydrogens (tertiary/aromatic N) is 3. The second-order valence-electron chi connectivity index (χ2n) is 6.80. The summed E-state index contributed by atoms with van der Waals surface area (Å²) in [5, 5.41) is 8.90. The summed E-state index contributed by atoms with van der Waals surface area (Å²) in [4.78, 5) is 0. The molecule has 1 aromatic heterocycles. The van der Waals surface area contributed by atoms with Gasteiger partial charge in [-0.15, -0.1) is 10.2 Å². The van der Waals surface area contributed by atoms with Gasteiger partial charge in [-0.1, -0.05) is 34.6 Å². The van der Waals surface area contributed by atoms with Crippen LogP contribution in [0.3, 0.4) is 0 Å². The van der Waals surface area contributed by atoms with Gasteiger partial charge in [-0.2, -0.15) is 0 Å². The van der Waals surface area contributed by atoms with Gasteiger partial charge in [0.15, 0.2) is 0 Å². The van der Waals surface area contributed by atoms with Crippen molar-refractivity contribution in [3.63, 3.8) is 0 Å². The summed E-state index contributed by atoms with van der Waals surface area (Å²) in [5.41, 5.74) is -0.0782. The lowest BCUT2D eigenvalue weighted by molar-refractivity contribution is -0.0992. The molecule has 1 saturated heterocycles. The first-order valence-electron chi connectivity index (χ1n) is 7.58. The highest BCUT2D eigenvalue weighted by molar-refractivity contribution is 6.28. The zero-order valence-corrected chi connectivity index (χ0v) is 14.0. The molecule has 1 aliphatic heterocycles. The zero-order valence-electron chi connectivity index (χ0n) is 13.2. The van der Waals surface area contributed by atoms with Crippen LogP contribution in [-0.4, -0.2) is 27.0 Å². The molecule has 1 atom stereocenters. The SMILES string of the molecule is CCC1(CC)CC(n2c(Cl)nnc2C(C)(C)C)CCO1. The first-order chi connectivity index (χ1) is 9.33. The Morgan fingerprint density at radius 1 is 1.30 bits per heavy atom. The normalized spacial score (nSPS) is 23.0. The molecule has 0 spiro atoms. The molecule has 0 saturated carbocycles. The molecule has 1 unspecified atom stereocenters. The van der Waals surface area contributed by atoms with Gasteiger partial charge in [0.05, 0.1) is 5.60 Å². The van der Waals surface area contributed by atoms with E-state index >= 15 is 0 Å². The van der Waals surface area contributed by atoms with Gasteiger partial charge in [-0.05, 0) is 37.3 Å². The summed E-state index contributed by atoms with van der Waals surface area (Å²) in [6.07, 6.45) is 4.03. The average molecular weight is 300 g/mol. The number of hydrogen-bond donors (Lipinski definition) is 0. The number of hydrogen-bond acceptors (Lipinski definition) is 3. The van der Waals surface area contributed by atoms with E-state index in [1.54, 1.807) is 0 Å². The third kappa shape index (κ3) is 2.86. The maximum atomic E-state index is 6.31. The fourth-order valence-electron chi connectivity index (χ4n) is 3.07. The summed E-state index contributed by atoms with van der Waals surface area (Å²) in [6, 6.07) is 0.334. The molecule has 4 nitrogen and oxygen atoms in total. The van der Waals surface area contributed by atoms with E-state index in [9.17, 15) is 0 Å². The summed E-state index contributed by atoms with van der Waals surface area (Å²) < 4.78 is 8.19. The molecule has 0 aliphatic carbocycles. The second kappa shape index (κ2) is 5.64. The minimum Gasteiger partial charge on any atom is -0.375 e. The second-order valence-corrected chi connectivity index (χ2v) is 7.14. The Bertz CT molecular complexity index is 460. The van der Waals surface area contributed by atoms with E-state index in [1.165, 1.54) is 0 Å². The van der Waals surface area contributed by atoms with Crippen LogP contribution in [0.1, 0.15) is 72.2 Å². The van der Waals surface area contributed by atoms with Gasteiger partial charge in [-0.25, -0.2) is 0 Å². The number of ether oxygens (including phenoxy) is 1. The van der Waals surface area contributed by atoms with Gasteiger partial charge < -0.3 is 4.74 Å². The molecule has 1 aliphatic rings. The monoisotopic (exact) mass is 299 g/mol. The van der Waals surface area contributed by atoms with E-state index in [4.69, 9.17) is 16.3 Å². The lowest BCUT2D eigenvalue weighted by Gasteiger charge is -2.41. The van der Waals surface area contributed by atoms with Crippen molar-refractivity contribution in [2.45, 2.75) is 77.4 Å². The first kappa shape index (κ1) is 15.8. The van der Waals surface area contributed by atoms with Crippen molar-refractivity contribution >= 4 is 11.6 Å². The average Bonchev–Trinajstić information content (AvgIpc) is 2.80. The number of aromatic nitrogens is 3. The van der Waals surface area contributed by atoms with Gasteiger partial charge in [0.25, 0.3) is 0 Å². The zero-order chi connectivity index (χ0) is 15.0. The van der Waals surface area contributed by atoms with Crippen LogP contribution in [0.4, 0.5) is 0 Å². The molecule has 1 fully saturated rings. The van der Waals surface area contributed by atoms with E-state index in [2.05, 4.69) is 49.4 Å². The standard InChI is InChI=1S/C15H26ClN3O/c1-6-15(7-2)10-11(8-9-20-15)19-12(14(3,4)5)17-18-13(19)16/h11H,6-10H2,1-5H3. The molecule has 0 aromatic carbocycles. The van der Waals surface area contributed by atoms with E-state index in [0.29, 0.717) is 11.3 Å². The Balaban J connectivity index is 2.34. The van der Waals surface area contributed by atoms with Crippen LogP contribution in [0.2, 0.25) is 5.28 Å². The summed E-state index contributed by atoms with van der Waals surface area (Å²) in [7, 11) is 0. The van der Waals surface area contributed by atoms with Crippen molar-refractivity contribution in [2.24, 2.45) is 0 Å². The molecule has 2 rings (SSSR count). The maximum absolute atomic E-state index is 6.31. The van der Waals surface area contributed by atoms with Crippen molar-refractivity contribution in [3.05, 3.63) is 11.1 Å². The molecule has 2 heterocycles. The highest BCUT2D eigenvalue weighted by atomic mass is 35.5. The van der Waals surface area contributed by atoms with Crippen LogP contribution in [0.5, 0.6) is 0 Å². The van der Waals surface area contributed by atoms with Crippen molar-refractivity contribution in [1.29, 1.82) is 0 Å². The summed E-state index contributed by atoms with van der Waals surface area (Å²) >= 11 is 6.31. The number of rotatable bonds is 3. The smallest absolute Gasteiger partial charge is 0.225 e. The van der Waals surface area contributed by atoms with Crippen LogP contribution >= 0.6 is 11.6 Å². The minimum atomic E-state index is -0.0560. The molecular formula is C15H26ClN3O. The predicted octanol–water partition coefficient (Wildman–Crippen LogP) is 4.14. The largest absolute Gasteiger partial charge is 0.375 e. The van der Waals surface area contributed by atoms with Crippen LogP contribution in [0.15, 0.2) is 0 Å². The van der Waals surface area contributed by atoms with Crippen molar-refractivity contribution in [2.75, 3.05) is 6.61 Å². The predicted molar refractivity (Wildman–Crippen MR) is 81.3 cm³/mol. The highest BCUT2D eigenvalue weighted by Crippen LogP contribution is 2.39. The van der Waals surface area contributed by atoms with Crippen LogP contribution in [0, 0.1) is 0 Å². The van der Waals surface area contributed by atoms with Gasteiger partial charge in [-0.3, -0.25) is 4.57 Å². The van der Waals surface area contributed by atoms with E-state index in [0.717, 1.165) is 38.1 Å². The Labute approximate surface area is 126 Å². The van der Waals surface area contributed by atoms with Gasteiger partial charge in [0.1, 0.15) is 5.82 Å². The Hall–Kier alpha value is -0.610. The molecule has 0 amide bonds. The molecule has 0 radical (unpaired) electrons. The fraction of sp³-hybridized carbons (Fsp3) is 0.867. The van der Waals surface area contributed by atoms with Gasteiger partial charge >= 0.3 is 0 Å². The van der Waals surface area contributed by atoms with E-state index in [1.807, 2.05) is 0 Å². The maximum Gasteiger partial charge on any atom is 0.225 e. The molecule has 20 heavy (non-hydrogen) atoms. The summed E-state index contributed by atoms with van der Waals surface area (Å²) in [6.45, 7) is 11.6. The van der Waals surface area contributed by atoms with E-state index in [-0.39, 0.29) is 11.0 Å². The Morgan fingerprint density at radius 2 is 1.95 bits per heavy atom. The third-order valence-electron chi connectivity index (χ3n) is 4.45. The molecule has 1 aromatic rings. The highest BCUT2D eigenvalue weighted by Gasteiger charge is 2.38. The van der Waals surface area contributed by atoms with Crippen molar-refractivity contribution < 1.29 is 4.74 Å². The summed E-state index contributed by atoms with van der Waals surface area (Å²) in [5.74, 6) is 0.968. The molecule has 114 valence electrons. The van der Waals surface area contributed by atoms with Crippen molar-refractivity contribution in [1.82, 2.24) is 14.8 Å². The van der Waals surface area contributed by atoms with Gasteiger partial charge in [0, 0.05) is 18.1 Å². The van der Waals surface area contributed by atoms with Crippen LogP contribution in [0.25, 0.3) is 0 Å². The minimum absolute atomic E-state index is 0.0222. The lowest BCUT2D eigenvalue weighted by Crippen LogP contribution is -2.40. The molecule has 5 heteroatoms. The Morgan fingerprint density at radius 3 is 2.50 bits per heavy atom. The first-order valence-corrected chi connectivity index (χ1v) is 7.95. The quantitative estimate of drug-likeness (QED) is 0.842.